The van der Waals surface area contributed by atoms with Crippen LogP contribution in [-0.2, 0) is 22.6 Å². The highest BCUT2D eigenvalue weighted by atomic mass is 16.5. The summed E-state index contributed by atoms with van der Waals surface area (Å²) in [5, 5.41) is 3.05. The Hall–Kier alpha value is -3.60. The van der Waals surface area contributed by atoms with E-state index >= 15 is 0 Å². The minimum atomic E-state index is -0.666. The second kappa shape index (κ2) is 13.6. The molecule has 0 aromatic heterocycles. The van der Waals surface area contributed by atoms with Gasteiger partial charge in [-0.25, -0.2) is 0 Å². The number of carbonyl (C=O) groups excluding carboxylic acids is 2. The van der Waals surface area contributed by atoms with Crippen molar-refractivity contribution in [1.29, 1.82) is 0 Å². The van der Waals surface area contributed by atoms with Crippen molar-refractivity contribution in [3.63, 3.8) is 0 Å². The summed E-state index contributed by atoms with van der Waals surface area (Å²) in [7, 11) is 0. The first-order valence-electron chi connectivity index (χ1n) is 13.1. The standard InChI is InChI=1S/C32H40N2O3/c1-23(2)20-33-32(36)30(19-26-11-7-6-8-12-26)34(21-27-13-9-10-25(5)18-27)31(35)22-37-29-16-14-28(15-17-29)24(3)4/h6-18,23-24,30H,19-22H2,1-5H3,(H,33,36)/t30-/m0/s1. The predicted octanol–water partition coefficient (Wildman–Crippen LogP) is 5.91. The van der Waals surface area contributed by atoms with Gasteiger partial charge in [0, 0.05) is 19.5 Å². The molecule has 0 radical (unpaired) electrons. The molecule has 2 amide bonds. The van der Waals surface area contributed by atoms with E-state index in [9.17, 15) is 9.59 Å². The summed E-state index contributed by atoms with van der Waals surface area (Å²) in [6.45, 7) is 11.1. The fourth-order valence-electron chi connectivity index (χ4n) is 4.16. The largest absolute Gasteiger partial charge is 0.484 e. The smallest absolute Gasteiger partial charge is 0.261 e. The zero-order valence-electron chi connectivity index (χ0n) is 22.7. The molecule has 0 spiro atoms. The monoisotopic (exact) mass is 500 g/mol. The number of nitrogens with one attached hydrogen (secondary N) is 1. The Morgan fingerprint density at radius 2 is 1.54 bits per heavy atom. The lowest BCUT2D eigenvalue weighted by Gasteiger charge is -2.32. The van der Waals surface area contributed by atoms with Crippen molar-refractivity contribution in [2.75, 3.05) is 13.2 Å². The first-order valence-corrected chi connectivity index (χ1v) is 13.1. The maximum atomic E-state index is 13.7. The van der Waals surface area contributed by atoms with E-state index in [1.54, 1.807) is 4.90 Å². The van der Waals surface area contributed by atoms with Gasteiger partial charge in [0.25, 0.3) is 5.91 Å². The quantitative estimate of drug-likeness (QED) is 0.336. The van der Waals surface area contributed by atoms with E-state index < -0.39 is 6.04 Å². The summed E-state index contributed by atoms with van der Waals surface area (Å²) in [4.78, 5) is 28.8. The molecule has 0 aliphatic carbocycles. The molecule has 0 saturated heterocycles. The second-order valence-corrected chi connectivity index (χ2v) is 10.4. The number of ether oxygens (including phenoxy) is 1. The minimum absolute atomic E-state index is 0.143. The van der Waals surface area contributed by atoms with Crippen LogP contribution in [0.3, 0.4) is 0 Å². The molecule has 5 nitrogen and oxygen atoms in total. The highest BCUT2D eigenvalue weighted by Crippen LogP contribution is 2.20. The van der Waals surface area contributed by atoms with Gasteiger partial charge in [0.2, 0.25) is 5.91 Å². The molecule has 3 aromatic carbocycles. The van der Waals surface area contributed by atoms with Gasteiger partial charge in [-0.3, -0.25) is 9.59 Å². The van der Waals surface area contributed by atoms with Gasteiger partial charge >= 0.3 is 0 Å². The molecular weight excluding hydrogens is 460 g/mol. The molecule has 1 atom stereocenters. The number of rotatable bonds is 12. The number of amides is 2. The van der Waals surface area contributed by atoms with Gasteiger partial charge in [0.15, 0.2) is 6.61 Å². The van der Waals surface area contributed by atoms with Gasteiger partial charge < -0.3 is 15.0 Å². The van der Waals surface area contributed by atoms with E-state index in [2.05, 4.69) is 39.1 Å². The van der Waals surface area contributed by atoms with Crippen LogP contribution in [-0.4, -0.2) is 35.9 Å². The molecule has 3 rings (SSSR count). The minimum Gasteiger partial charge on any atom is -0.484 e. The van der Waals surface area contributed by atoms with Gasteiger partial charge in [-0.05, 0) is 47.6 Å². The lowest BCUT2D eigenvalue weighted by molar-refractivity contribution is -0.142. The molecular formula is C32H40N2O3. The van der Waals surface area contributed by atoms with Crippen molar-refractivity contribution >= 4 is 11.8 Å². The Labute approximate surface area is 221 Å². The van der Waals surface area contributed by atoms with E-state index in [0.29, 0.717) is 37.1 Å². The van der Waals surface area contributed by atoms with Crippen LogP contribution in [0.5, 0.6) is 5.75 Å². The summed E-state index contributed by atoms with van der Waals surface area (Å²) < 4.78 is 5.90. The maximum absolute atomic E-state index is 13.7. The summed E-state index contributed by atoms with van der Waals surface area (Å²) in [5.41, 5.74) is 4.29. The molecule has 196 valence electrons. The molecule has 0 aliphatic heterocycles. The van der Waals surface area contributed by atoms with E-state index in [1.165, 1.54) is 5.56 Å². The van der Waals surface area contributed by atoms with Crippen LogP contribution >= 0.6 is 0 Å². The average molecular weight is 501 g/mol. The molecule has 0 unspecified atom stereocenters. The Morgan fingerprint density at radius 1 is 0.865 bits per heavy atom. The normalized spacial score (nSPS) is 11.9. The van der Waals surface area contributed by atoms with E-state index in [1.807, 2.05) is 79.7 Å². The lowest BCUT2D eigenvalue weighted by atomic mass is 10.0. The first kappa shape index (κ1) is 28.0. The topological polar surface area (TPSA) is 58.6 Å². The van der Waals surface area contributed by atoms with Crippen molar-refractivity contribution < 1.29 is 14.3 Å². The number of carbonyl (C=O) groups is 2. The third-order valence-electron chi connectivity index (χ3n) is 6.30. The molecule has 0 saturated carbocycles. The predicted molar refractivity (Wildman–Crippen MR) is 150 cm³/mol. The third-order valence-corrected chi connectivity index (χ3v) is 6.30. The van der Waals surface area contributed by atoms with Crippen LogP contribution in [0.15, 0.2) is 78.9 Å². The average Bonchev–Trinajstić information content (AvgIpc) is 2.88. The van der Waals surface area contributed by atoms with Crippen molar-refractivity contribution in [2.24, 2.45) is 5.92 Å². The van der Waals surface area contributed by atoms with Gasteiger partial charge in [0.1, 0.15) is 11.8 Å². The highest BCUT2D eigenvalue weighted by Gasteiger charge is 2.30. The van der Waals surface area contributed by atoms with Gasteiger partial charge in [-0.15, -0.1) is 0 Å². The third kappa shape index (κ3) is 8.78. The van der Waals surface area contributed by atoms with Gasteiger partial charge in [0.05, 0.1) is 0 Å². The molecule has 1 N–H and O–H groups in total. The molecule has 37 heavy (non-hydrogen) atoms. The fourth-order valence-corrected chi connectivity index (χ4v) is 4.16. The van der Waals surface area contributed by atoms with Crippen LogP contribution in [0.4, 0.5) is 0 Å². The summed E-state index contributed by atoms with van der Waals surface area (Å²) in [6.07, 6.45) is 0.422. The molecule has 0 aliphatic rings. The SMILES string of the molecule is Cc1cccc(CN(C(=O)COc2ccc(C(C)C)cc2)[C@@H](Cc2ccccc2)C(=O)NCC(C)C)c1. The van der Waals surface area contributed by atoms with Crippen LogP contribution < -0.4 is 10.1 Å². The molecule has 5 heteroatoms. The highest BCUT2D eigenvalue weighted by molar-refractivity contribution is 5.88. The van der Waals surface area contributed by atoms with Gasteiger partial charge in [-0.1, -0.05) is 100.0 Å². The van der Waals surface area contributed by atoms with Crippen molar-refractivity contribution in [3.8, 4) is 5.75 Å². The van der Waals surface area contributed by atoms with E-state index in [-0.39, 0.29) is 18.4 Å². The van der Waals surface area contributed by atoms with Crippen LogP contribution in [0.25, 0.3) is 0 Å². The number of aryl methyl sites for hydroxylation is 1. The Kier molecular flexibility index (Phi) is 10.3. The molecule has 3 aromatic rings. The summed E-state index contributed by atoms with van der Waals surface area (Å²) >= 11 is 0. The number of benzene rings is 3. The Morgan fingerprint density at radius 3 is 2.16 bits per heavy atom. The zero-order valence-corrected chi connectivity index (χ0v) is 22.7. The molecule has 0 fully saturated rings. The summed E-state index contributed by atoms with van der Waals surface area (Å²) in [5.74, 6) is 0.982. The van der Waals surface area contributed by atoms with Gasteiger partial charge in [-0.2, -0.15) is 0 Å². The molecule has 0 bridgehead atoms. The maximum Gasteiger partial charge on any atom is 0.261 e. The van der Waals surface area contributed by atoms with Crippen LogP contribution in [0.1, 0.15) is 55.9 Å². The lowest BCUT2D eigenvalue weighted by Crippen LogP contribution is -2.52. The number of hydrogen-bond acceptors (Lipinski definition) is 3. The van der Waals surface area contributed by atoms with Crippen molar-refractivity contribution in [1.82, 2.24) is 10.2 Å². The fraction of sp³-hybridized carbons (Fsp3) is 0.375. The van der Waals surface area contributed by atoms with E-state index in [4.69, 9.17) is 4.74 Å². The van der Waals surface area contributed by atoms with Crippen molar-refractivity contribution in [2.45, 2.75) is 59.5 Å². The van der Waals surface area contributed by atoms with E-state index in [0.717, 1.165) is 16.7 Å². The zero-order chi connectivity index (χ0) is 26.8. The number of hydrogen-bond donors (Lipinski definition) is 1. The molecule has 0 heterocycles. The van der Waals surface area contributed by atoms with Crippen LogP contribution in [0.2, 0.25) is 0 Å². The Balaban J connectivity index is 1.87. The van der Waals surface area contributed by atoms with Crippen molar-refractivity contribution in [3.05, 3.63) is 101 Å². The summed E-state index contributed by atoms with van der Waals surface area (Å²) in [6, 6.07) is 25.0. The van der Waals surface area contributed by atoms with Crippen LogP contribution in [0, 0.1) is 12.8 Å². The number of nitrogens with zero attached hydrogens (tertiary/aromatic N) is 1. The Bertz CT molecular complexity index is 1140. The first-order chi connectivity index (χ1) is 17.7. The second-order valence-electron chi connectivity index (χ2n) is 10.4.